The quantitative estimate of drug-likeness (QED) is 0.542. The van der Waals surface area contributed by atoms with Crippen LogP contribution in [-0.2, 0) is 9.84 Å². The van der Waals surface area contributed by atoms with E-state index in [1.54, 1.807) is 6.92 Å². The van der Waals surface area contributed by atoms with Crippen LogP contribution in [0.2, 0.25) is 0 Å². The summed E-state index contributed by atoms with van der Waals surface area (Å²) < 4.78 is 22.0. The van der Waals surface area contributed by atoms with Gasteiger partial charge in [0.25, 0.3) is 0 Å². The van der Waals surface area contributed by atoms with Crippen molar-refractivity contribution in [2.45, 2.75) is 13.3 Å². The van der Waals surface area contributed by atoms with Gasteiger partial charge in [-0.25, -0.2) is 8.42 Å². The molecular formula is C7H16BrNO2S. The molecule has 0 radical (unpaired) electrons. The van der Waals surface area contributed by atoms with E-state index < -0.39 is 9.84 Å². The minimum atomic E-state index is -2.78. The highest BCUT2D eigenvalue weighted by Gasteiger charge is 2.05. The van der Waals surface area contributed by atoms with E-state index in [9.17, 15) is 8.42 Å². The van der Waals surface area contributed by atoms with Gasteiger partial charge in [-0.2, -0.15) is 0 Å². The van der Waals surface area contributed by atoms with Crippen LogP contribution in [0.15, 0.2) is 0 Å². The summed E-state index contributed by atoms with van der Waals surface area (Å²) in [4.78, 5) is 0. The Labute approximate surface area is 83.0 Å². The van der Waals surface area contributed by atoms with E-state index in [1.807, 2.05) is 0 Å². The van der Waals surface area contributed by atoms with Gasteiger partial charge in [-0.1, -0.05) is 22.9 Å². The number of halogens is 1. The molecule has 0 saturated carbocycles. The van der Waals surface area contributed by atoms with Crippen LogP contribution in [0.5, 0.6) is 0 Å². The van der Waals surface area contributed by atoms with Gasteiger partial charge in [0, 0.05) is 17.6 Å². The fraction of sp³-hybridized carbons (Fsp3) is 1.00. The third-order valence-corrected chi connectivity index (χ3v) is 3.78. The second kappa shape index (κ2) is 6.86. The summed E-state index contributed by atoms with van der Waals surface area (Å²) in [7, 11) is -2.78. The van der Waals surface area contributed by atoms with Gasteiger partial charge in [-0.05, 0) is 13.0 Å². The Kier molecular flexibility index (Phi) is 7.08. The van der Waals surface area contributed by atoms with Crippen molar-refractivity contribution in [2.75, 3.05) is 29.9 Å². The number of hydrogen-bond acceptors (Lipinski definition) is 3. The molecule has 0 aromatic rings. The Hall–Kier alpha value is 0.390. The molecule has 0 aromatic heterocycles. The molecule has 0 amide bonds. The number of rotatable bonds is 7. The van der Waals surface area contributed by atoms with Gasteiger partial charge in [0.05, 0.1) is 5.75 Å². The second-order valence-corrected chi connectivity index (χ2v) is 5.79. The lowest BCUT2D eigenvalue weighted by molar-refractivity contribution is 0.591. The van der Waals surface area contributed by atoms with Crippen LogP contribution in [0.25, 0.3) is 0 Å². The normalized spacial score (nSPS) is 11.8. The molecule has 0 heterocycles. The molecule has 0 saturated heterocycles. The first-order valence-electron chi connectivity index (χ1n) is 4.09. The Morgan fingerprint density at radius 1 is 1.33 bits per heavy atom. The largest absolute Gasteiger partial charge is 0.316 e. The molecule has 0 atom stereocenters. The number of sulfone groups is 1. The monoisotopic (exact) mass is 257 g/mol. The standard InChI is InChI=1S/C7H16BrNO2S/c1-2-12(10,11)7-6-9-5-3-4-8/h9H,2-7H2,1H3. The third kappa shape index (κ3) is 7.06. The lowest BCUT2D eigenvalue weighted by Crippen LogP contribution is -2.24. The summed E-state index contributed by atoms with van der Waals surface area (Å²) in [5.74, 6) is 0.499. The average molecular weight is 258 g/mol. The Balaban J connectivity index is 3.32. The molecule has 74 valence electrons. The molecule has 0 aliphatic carbocycles. The van der Waals surface area contributed by atoms with Crippen LogP contribution >= 0.6 is 15.9 Å². The van der Waals surface area contributed by atoms with Crippen LogP contribution in [-0.4, -0.2) is 38.3 Å². The van der Waals surface area contributed by atoms with E-state index in [2.05, 4.69) is 21.2 Å². The summed E-state index contributed by atoms with van der Waals surface area (Å²) in [5.41, 5.74) is 0. The highest BCUT2D eigenvalue weighted by molar-refractivity contribution is 9.09. The zero-order chi connectivity index (χ0) is 9.45. The number of hydrogen-bond donors (Lipinski definition) is 1. The molecule has 0 fully saturated rings. The molecular weight excluding hydrogens is 242 g/mol. The van der Waals surface area contributed by atoms with Gasteiger partial charge in [0.1, 0.15) is 0 Å². The average Bonchev–Trinajstić information content (AvgIpc) is 2.04. The van der Waals surface area contributed by atoms with Crippen LogP contribution in [0.1, 0.15) is 13.3 Å². The molecule has 0 unspecified atom stereocenters. The van der Waals surface area contributed by atoms with Gasteiger partial charge in [0.15, 0.2) is 9.84 Å². The molecule has 0 aromatic carbocycles. The molecule has 12 heavy (non-hydrogen) atoms. The van der Waals surface area contributed by atoms with Crippen LogP contribution in [0, 0.1) is 0 Å². The van der Waals surface area contributed by atoms with Crippen molar-refractivity contribution in [1.29, 1.82) is 0 Å². The molecule has 1 N–H and O–H groups in total. The molecule has 3 nitrogen and oxygen atoms in total. The topological polar surface area (TPSA) is 46.2 Å². The highest BCUT2D eigenvalue weighted by atomic mass is 79.9. The molecule has 0 spiro atoms. The first kappa shape index (κ1) is 12.4. The first-order chi connectivity index (χ1) is 5.62. The minimum Gasteiger partial charge on any atom is -0.316 e. The minimum absolute atomic E-state index is 0.243. The summed E-state index contributed by atoms with van der Waals surface area (Å²) in [6.07, 6.45) is 1.03. The molecule has 0 aliphatic heterocycles. The molecule has 0 bridgehead atoms. The van der Waals surface area contributed by atoms with E-state index >= 15 is 0 Å². The summed E-state index contributed by atoms with van der Waals surface area (Å²) in [5, 5.41) is 4.03. The lowest BCUT2D eigenvalue weighted by Gasteiger charge is -2.02. The third-order valence-electron chi connectivity index (χ3n) is 1.52. The van der Waals surface area contributed by atoms with Gasteiger partial charge < -0.3 is 5.32 Å². The predicted octanol–water partition coefficient (Wildman–Crippen LogP) is 0.796. The van der Waals surface area contributed by atoms with Crippen molar-refractivity contribution in [3.63, 3.8) is 0 Å². The summed E-state index contributed by atoms with van der Waals surface area (Å²) in [6.45, 7) is 3.13. The van der Waals surface area contributed by atoms with Crippen LogP contribution in [0.4, 0.5) is 0 Å². The Morgan fingerprint density at radius 3 is 2.50 bits per heavy atom. The Morgan fingerprint density at radius 2 is 2.00 bits per heavy atom. The smallest absolute Gasteiger partial charge is 0.151 e. The summed E-state index contributed by atoms with van der Waals surface area (Å²) >= 11 is 3.30. The van der Waals surface area contributed by atoms with E-state index in [1.165, 1.54) is 0 Å². The predicted molar refractivity (Wildman–Crippen MR) is 55.6 cm³/mol. The fourth-order valence-electron chi connectivity index (χ4n) is 0.689. The number of alkyl halides is 1. The van der Waals surface area contributed by atoms with Gasteiger partial charge >= 0.3 is 0 Å². The highest BCUT2D eigenvalue weighted by Crippen LogP contribution is 1.88. The van der Waals surface area contributed by atoms with Crippen molar-refractivity contribution in [1.82, 2.24) is 5.32 Å². The van der Waals surface area contributed by atoms with Crippen LogP contribution < -0.4 is 5.32 Å². The number of nitrogens with one attached hydrogen (secondary N) is 1. The van der Waals surface area contributed by atoms with Crippen molar-refractivity contribution in [2.24, 2.45) is 0 Å². The van der Waals surface area contributed by atoms with Gasteiger partial charge in [-0.15, -0.1) is 0 Å². The second-order valence-electron chi connectivity index (χ2n) is 2.53. The van der Waals surface area contributed by atoms with Crippen molar-refractivity contribution < 1.29 is 8.42 Å². The maximum absolute atomic E-state index is 11.0. The zero-order valence-electron chi connectivity index (χ0n) is 7.35. The molecule has 0 aliphatic rings. The van der Waals surface area contributed by atoms with Crippen molar-refractivity contribution in [3.8, 4) is 0 Å². The van der Waals surface area contributed by atoms with E-state index in [-0.39, 0.29) is 11.5 Å². The summed E-state index contributed by atoms with van der Waals surface area (Å²) in [6, 6.07) is 0. The fourth-order valence-corrected chi connectivity index (χ4v) is 1.71. The van der Waals surface area contributed by atoms with E-state index in [0.717, 1.165) is 18.3 Å². The maximum atomic E-state index is 11.0. The van der Waals surface area contributed by atoms with Crippen molar-refractivity contribution in [3.05, 3.63) is 0 Å². The van der Waals surface area contributed by atoms with E-state index in [0.29, 0.717) is 6.54 Å². The maximum Gasteiger partial charge on any atom is 0.151 e. The van der Waals surface area contributed by atoms with Gasteiger partial charge in [0.2, 0.25) is 0 Å². The Bertz CT molecular complexity index is 192. The van der Waals surface area contributed by atoms with Crippen LogP contribution in [0.3, 0.4) is 0 Å². The SMILES string of the molecule is CCS(=O)(=O)CCNCCCBr. The van der Waals surface area contributed by atoms with Gasteiger partial charge in [-0.3, -0.25) is 0 Å². The van der Waals surface area contributed by atoms with E-state index in [4.69, 9.17) is 0 Å². The van der Waals surface area contributed by atoms with Crippen molar-refractivity contribution >= 4 is 25.8 Å². The zero-order valence-corrected chi connectivity index (χ0v) is 9.75. The lowest BCUT2D eigenvalue weighted by atomic mass is 10.5. The molecule has 0 rings (SSSR count). The first-order valence-corrected chi connectivity index (χ1v) is 7.03. The molecule has 5 heteroatoms.